The number of ether oxygens (including phenoxy) is 1. The molecule has 1 heterocycles. The van der Waals surface area contributed by atoms with Crippen LogP contribution >= 0.6 is 0 Å². The number of aliphatic hydroxyl groups excluding tert-OH is 1. The van der Waals surface area contributed by atoms with E-state index in [2.05, 4.69) is 6.92 Å². The minimum atomic E-state index is 0.0384. The predicted octanol–water partition coefficient (Wildman–Crippen LogP) is 2.09. The van der Waals surface area contributed by atoms with Crippen molar-refractivity contribution in [3.05, 3.63) is 12.2 Å². The van der Waals surface area contributed by atoms with Crippen molar-refractivity contribution >= 4 is 5.78 Å². The van der Waals surface area contributed by atoms with E-state index in [0.29, 0.717) is 18.8 Å². The molecule has 3 heteroatoms. The van der Waals surface area contributed by atoms with Crippen LogP contribution in [0.2, 0.25) is 0 Å². The van der Waals surface area contributed by atoms with Crippen LogP contribution in [-0.4, -0.2) is 29.7 Å². The van der Waals surface area contributed by atoms with Gasteiger partial charge in [-0.25, -0.2) is 0 Å². The quantitative estimate of drug-likeness (QED) is 0.730. The van der Waals surface area contributed by atoms with Crippen LogP contribution in [0.1, 0.15) is 39.5 Å². The van der Waals surface area contributed by atoms with Gasteiger partial charge in [0.15, 0.2) is 5.78 Å². The van der Waals surface area contributed by atoms with Crippen LogP contribution in [0.5, 0.6) is 0 Å². The van der Waals surface area contributed by atoms with Gasteiger partial charge < -0.3 is 9.84 Å². The molecule has 1 fully saturated rings. The molecule has 0 bridgehead atoms. The molecule has 1 saturated heterocycles. The second-order valence-corrected chi connectivity index (χ2v) is 4.53. The number of rotatable bonds is 5. The van der Waals surface area contributed by atoms with Gasteiger partial charge in [-0.1, -0.05) is 13.0 Å². The summed E-state index contributed by atoms with van der Waals surface area (Å²) in [5, 5.41) is 8.93. The van der Waals surface area contributed by atoms with Gasteiger partial charge in [-0.15, -0.1) is 0 Å². The Kier molecular flexibility index (Phi) is 5.71. The van der Waals surface area contributed by atoms with Crippen LogP contribution in [0.25, 0.3) is 0 Å². The second kappa shape index (κ2) is 6.81. The van der Waals surface area contributed by atoms with Gasteiger partial charge in [0.05, 0.1) is 12.2 Å². The predicted molar refractivity (Wildman–Crippen MR) is 63.2 cm³/mol. The van der Waals surface area contributed by atoms with Crippen molar-refractivity contribution in [1.29, 1.82) is 0 Å². The summed E-state index contributed by atoms with van der Waals surface area (Å²) in [6.07, 6.45) is 6.69. The zero-order chi connectivity index (χ0) is 12.0. The molecule has 0 spiro atoms. The summed E-state index contributed by atoms with van der Waals surface area (Å²) in [6, 6.07) is 0. The van der Waals surface area contributed by atoms with Gasteiger partial charge in [0.1, 0.15) is 0 Å². The molecule has 92 valence electrons. The van der Waals surface area contributed by atoms with Gasteiger partial charge in [0, 0.05) is 13.0 Å². The van der Waals surface area contributed by atoms with Crippen LogP contribution in [0.3, 0.4) is 0 Å². The fourth-order valence-electron chi connectivity index (χ4n) is 2.19. The van der Waals surface area contributed by atoms with Gasteiger partial charge in [-0.05, 0) is 38.2 Å². The number of carbonyl (C=O) groups is 1. The van der Waals surface area contributed by atoms with Crippen LogP contribution in [0.4, 0.5) is 0 Å². The molecule has 0 aromatic rings. The number of hydrogen-bond donors (Lipinski definition) is 1. The number of allylic oxidation sites excluding steroid dienone is 2. The monoisotopic (exact) mass is 226 g/mol. The first-order valence-electron chi connectivity index (χ1n) is 6.09. The van der Waals surface area contributed by atoms with Crippen LogP contribution in [0, 0.1) is 5.92 Å². The van der Waals surface area contributed by atoms with E-state index in [1.807, 2.05) is 6.92 Å². The lowest BCUT2D eigenvalue weighted by atomic mass is 9.90. The molecule has 0 aromatic heterocycles. The maximum atomic E-state index is 11.4. The number of aliphatic hydroxyl groups is 1. The fraction of sp³-hybridized carbons (Fsp3) is 0.769. The lowest BCUT2D eigenvalue weighted by Crippen LogP contribution is -2.35. The lowest BCUT2D eigenvalue weighted by Gasteiger charge is -2.34. The Morgan fingerprint density at radius 3 is 2.88 bits per heavy atom. The van der Waals surface area contributed by atoms with Gasteiger partial charge in [-0.3, -0.25) is 4.79 Å². The molecule has 1 aliphatic heterocycles. The highest BCUT2D eigenvalue weighted by Gasteiger charge is 2.28. The molecule has 0 radical (unpaired) electrons. The average molecular weight is 226 g/mol. The van der Waals surface area contributed by atoms with E-state index in [9.17, 15) is 4.79 Å². The Morgan fingerprint density at radius 1 is 1.50 bits per heavy atom. The summed E-state index contributed by atoms with van der Waals surface area (Å²) < 4.78 is 5.84. The van der Waals surface area contributed by atoms with E-state index in [0.717, 1.165) is 12.8 Å². The summed E-state index contributed by atoms with van der Waals surface area (Å²) in [5.74, 6) is 0.616. The molecule has 1 rings (SSSR count). The SMILES string of the molecule is CC=CC(=O)C[C@H]1CC[C@@H](C)[C@@H](CCO)O1. The molecule has 0 unspecified atom stereocenters. The Bertz CT molecular complexity index is 248. The van der Waals surface area contributed by atoms with Crippen LogP contribution < -0.4 is 0 Å². The molecule has 0 aliphatic carbocycles. The summed E-state index contributed by atoms with van der Waals surface area (Å²) >= 11 is 0. The maximum Gasteiger partial charge on any atom is 0.157 e. The third-order valence-electron chi connectivity index (χ3n) is 3.14. The zero-order valence-electron chi connectivity index (χ0n) is 10.2. The van der Waals surface area contributed by atoms with Crippen LogP contribution in [-0.2, 0) is 9.53 Å². The Balaban J connectivity index is 2.42. The fourth-order valence-corrected chi connectivity index (χ4v) is 2.19. The molecule has 1 N–H and O–H groups in total. The van der Waals surface area contributed by atoms with Gasteiger partial charge in [-0.2, -0.15) is 0 Å². The maximum absolute atomic E-state index is 11.4. The normalized spacial score (nSPS) is 30.8. The Labute approximate surface area is 97.5 Å². The largest absolute Gasteiger partial charge is 0.396 e. The summed E-state index contributed by atoms with van der Waals surface area (Å²) in [7, 11) is 0. The minimum absolute atomic E-state index is 0.0384. The molecular formula is C13H22O3. The minimum Gasteiger partial charge on any atom is -0.396 e. The summed E-state index contributed by atoms with van der Waals surface area (Å²) in [6.45, 7) is 4.14. The van der Waals surface area contributed by atoms with Crippen molar-refractivity contribution in [1.82, 2.24) is 0 Å². The highest BCUT2D eigenvalue weighted by molar-refractivity contribution is 5.89. The molecule has 16 heavy (non-hydrogen) atoms. The zero-order valence-corrected chi connectivity index (χ0v) is 10.2. The first-order valence-corrected chi connectivity index (χ1v) is 6.09. The van der Waals surface area contributed by atoms with Gasteiger partial charge in [0.2, 0.25) is 0 Å². The molecule has 0 aromatic carbocycles. The van der Waals surface area contributed by atoms with Crippen molar-refractivity contribution in [3.8, 4) is 0 Å². The Hall–Kier alpha value is -0.670. The molecule has 0 saturated carbocycles. The highest BCUT2D eigenvalue weighted by atomic mass is 16.5. The second-order valence-electron chi connectivity index (χ2n) is 4.53. The van der Waals surface area contributed by atoms with Crippen molar-refractivity contribution in [2.75, 3.05) is 6.61 Å². The van der Waals surface area contributed by atoms with Crippen molar-refractivity contribution in [2.24, 2.45) is 5.92 Å². The van der Waals surface area contributed by atoms with Crippen molar-refractivity contribution in [3.63, 3.8) is 0 Å². The standard InChI is InChI=1S/C13H22O3/c1-3-4-11(15)9-12-6-5-10(2)13(16-12)7-8-14/h3-4,10,12-14H,5-9H2,1-2H3/t10-,12-,13-/m1/s1. The van der Waals surface area contributed by atoms with Gasteiger partial charge >= 0.3 is 0 Å². The van der Waals surface area contributed by atoms with E-state index in [1.165, 1.54) is 0 Å². The first kappa shape index (κ1) is 13.4. The summed E-state index contributed by atoms with van der Waals surface area (Å²) in [5.41, 5.74) is 0. The molecule has 0 amide bonds. The lowest BCUT2D eigenvalue weighted by molar-refractivity contribution is -0.124. The molecule has 3 nitrogen and oxygen atoms in total. The van der Waals surface area contributed by atoms with E-state index >= 15 is 0 Å². The Morgan fingerprint density at radius 2 is 2.25 bits per heavy atom. The van der Waals surface area contributed by atoms with E-state index in [-0.39, 0.29) is 24.6 Å². The van der Waals surface area contributed by atoms with Crippen LogP contribution in [0.15, 0.2) is 12.2 Å². The molecule has 1 aliphatic rings. The number of ketones is 1. The van der Waals surface area contributed by atoms with E-state index in [1.54, 1.807) is 12.2 Å². The summed E-state index contributed by atoms with van der Waals surface area (Å²) in [4.78, 5) is 11.4. The molecule has 3 atom stereocenters. The first-order chi connectivity index (χ1) is 7.67. The van der Waals surface area contributed by atoms with Crippen molar-refractivity contribution < 1.29 is 14.6 Å². The smallest absolute Gasteiger partial charge is 0.157 e. The number of carbonyl (C=O) groups excluding carboxylic acids is 1. The highest BCUT2D eigenvalue weighted by Crippen LogP contribution is 2.28. The topological polar surface area (TPSA) is 46.5 Å². The molecular weight excluding hydrogens is 204 g/mol. The third-order valence-corrected chi connectivity index (χ3v) is 3.14. The van der Waals surface area contributed by atoms with Crippen molar-refractivity contribution in [2.45, 2.75) is 51.7 Å². The van der Waals surface area contributed by atoms with E-state index < -0.39 is 0 Å². The average Bonchev–Trinajstić information content (AvgIpc) is 2.24. The van der Waals surface area contributed by atoms with E-state index in [4.69, 9.17) is 9.84 Å². The third kappa shape index (κ3) is 4.06. The van der Waals surface area contributed by atoms with Gasteiger partial charge in [0.25, 0.3) is 0 Å². The number of hydrogen-bond acceptors (Lipinski definition) is 3.